The maximum Gasteiger partial charge on any atom is 0.0730 e. The average Bonchev–Trinajstić information content (AvgIpc) is 2.52. The maximum absolute atomic E-state index is 6.39. The second kappa shape index (κ2) is 3.42. The standard InChI is InChI=1S/C12H18N4/c1-9-4-11(6-14-15-9)16-7-10-2-3-12(13,5-10)8-16/h4,6,10H,2-3,5,7-8,13H2,1H3/t10-,12+/m0/s1. The molecule has 0 aromatic carbocycles. The molecule has 1 aliphatic carbocycles. The third-order valence-corrected chi connectivity index (χ3v) is 3.86. The van der Waals surface area contributed by atoms with Crippen LogP contribution in [-0.4, -0.2) is 28.8 Å². The summed E-state index contributed by atoms with van der Waals surface area (Å²) in [6.07, 6.45) is 5.50. The minimum atomic E-state index is 0.0418. The van der Waals surface area contributed by atoms with Crippen LogP contribution in [0.25, 0.3) is 0 Å². The molecule has 16 heavy (non-hydrogen) atoms. The van der Waals surface area contributed by atoms with Crippen molar-refractivity contribution in [3.05, 3.63) is 18.0 Å². The van der Waals surface area contributed by atoms with E-state index >= 15 is 0 Å². The molecule has 0 amide bonds. The molecular formula is C12H18N4. The van der Waals surface area contributed by atoms with Crippen LogP contribution >= 0.6 is 0 Å². The van der Waals surface area contributed by atoms with Crippen molar-refractivity contribution in [1.82, 2.24) is 10.2 Å². The van der Waals surface area contributed by atoms with Crippen molar-refractivity contribution < 1.29 is 0 Å². The number of aromatic nitrogens is 2. The van der Waals surface area contributed by atoms with Crippen LogP contribution in [0, 0.1) is 12.8 Å². The summed E-state index contributed by atoms with van der Waals surface area (Å²) in [4.78, 5) is 2.38. The highest BCUT2D eigenvalue weighted by Gasteiger charge is 2.42. The molecule has 4 heteroatoms. The third-order valence-electron chi connectivity index (χ3n) is 3.86. The van der Waals surface area contributed by atoms with E-state index in [-0.39, 0.29) is 5.54 Å². The molecule has 2 N–H and O–H groups in total. The number of aryl methyl sites for hydroxylation is 1. The average molecular weight is 218 g/mol. The van der Waals surface area contributed by atoms with Crippen molar-refractivity contribution in [3.63, 3.8) is 0 Å². The number of hydrogen-bond acceptors (Lipinski definition) is 4. The van der Waals surface area contributed by atoms with Gasteiger partial charge in [-0.05, 0) is 38.2 Å². The number of fused-ring (bicyclic) bond motifs is 2. The Bertz CT molecular complexity index is 406. The first-order valence-corrected chi connectivity index (χ1v) is 5.98. The smallest absolute Gasteiger partial charge is 0.0730 e. The Kier molecular flexibility index (Phi) is 2.14. The fraction of sp³-hybridized carbons (Fsp3) is 0.667. The lowest BCUT2D eigenvalue weighted by Crippen LogP contribution is -2.52. The molecule has 86 valence electrons. The van der Waals surface area contributed by atoms with Crippen LogP contribution < -0.4 is 10.6 Å². The Morgan fingerprint density at radius 2 is 2.44 bits per heavy atom. The molecule has 0 spiro atoms. The second-order valence-electron chi connectivity index (χ2n) is 5.41. The number of hydrogen-bond donors (Lipinski definition) is 1. The highest BCUT2D eigenvalue weighted by atomic mass is 15.2. The maximum atomic E-state index is 6.39. The lowest BCUT2D eigenvalue weighted by Gasteiger charge is -2.39. The van der Waals surface area contributed by atoms with Gasteiger partial charge in [-0.1, -0.05) is 0 Å². The highest BCUT2D eigenvalue weighted by molar-refractivity contribution is 5.46. The molecule has 1 saturated carbocycles. The van der Waals surface area contributed by atoms with Gasteiger partial charge in [0.2, 0.25) is 0 Å². The van der Waals surface area contributed by atoms with Crippen LogP contribution in [0.4, 0.5) is 5.69 Å². The fourth-order valence-corrected chi connectivity index (χ4v) is 3.16. The number of anilines is 1. The predicted octanol–water partition coefficient (Wildman–Crippen LogP) is 1.10. The Labute approximate surface area is 95.8 Å². The zero-order valence-corrected chi connectivity index (χ0v) is 9.69. The Morgan fingerprint density at radius 3 is 3.19 bits per heavy atom. The molecule has 2 aliphatic rings. The van der Waals surface area contributed by atoms with Crippen molar-refractivity contribution in [1.29, 1.82) is 0 Å². The summed E-state index contributed by atoms with van der Waals surface area (Å²) < 4.78 is 0. The van der Waals surface area contributed by atoms with Crippen LogP contribution in [0.1, 0.15) is 25.0 Å². The van der Waals surface area contributed by atoms with Gasteiger partial charge >= 0.3 is 0 Å². The van der Waals surface area contributed by atoms with Gasteiger partial charge in [-0.25, -0.2) is 0 Å². The van der Waals surface area contributed by atoms with Crippen LogP contribution in [0.5, 0.6) is 0 Å². The van der Waals surface area contributed by atoms with Gasteiger partial charge in [-0.15, -0.1) is 0 Å². The van der Waals surface area contributed by atoms with Crippen LogP contribution in [0.3, 0.4) is 0 Å². The molecule has 1 aromatic rings. The zero-order chi connectivity index (χ0) is 11.2. The highest BCUT2D eigenvalue weighted by Crippen LogP contribution is 2.39. The number of nitrogens with two attached hydrogens (primary N) is 1. The minimum absolute atomic E-state index is 0.0418. The van der Waals surface area contributed by atoms with E-state index in [1.165, 1.54) is 24.9 Å². The lowest BCUT2D eigenvalue weighted by atomic mass is 9.92. The Morgan fingerprint density at radius 1 is 1.56 bits per heavy atom. The van der Waals surface area contributed by atoms with E-state index in [2.05, 4.69) is 21.2 Å². The Hall–Kier alpha value is -1.16. The lowest BCUT2D eigenvalue weighted by molar-refractivity contribution is 0.363. The normalized spacial score (nSPS) is 33.1. The molecule has 2 atom stereocenters. The van der Waals surface area contributed by atoms with E-state index in [0.717, 1.165) is 24.7 Å². The van der Waals surface area contributed by atoms with Crippen LogP contribution in [-0.2, 0) is 0 Å². The molecular weight excluding hydrogens is 200 g/mol. The summed E-state index contributed by atoms with van der Waals surface area (Å²) in [5.74, 6) is 0.771. The molecule has 2 heterocycles. The van der Waals surface area contributed by atoms with Crippen molar-refractivity contribution >= 4 is 5.69 Å². The number of piperidine rings is 1. The number of rotatable bonds is 1. The molecule has 1 aromatic heterocycles. The van der Waals surface area contributed by atoms with Crippen LogP contribution in [0.15, 0.2) is 12.3 Å². The molecule has 1 aliphatic heterocycles. The van der Waals surface area contributed by atoms with E-state index in [9.17, 15) is 0 Å². The molecule has 2 fully saturated rings. The molecule has 0 unspecified atom stereocenters. The van der Waals surface area contributed by atoms with Gasteiger partial charge in [0.25, 0.3) is 0 Å². The van der Waals surface area contributed by atoms with E-state index in [1.807, 2.05) is 13.1 Å². The summed E-state index contributed by atoms with van der Waals surface area (Å²) in [5.41, 5.74) is 8.58. The van der Waals surface area contributed by atoms with Crippen molar-refractivity contribution in [2.45, 2.75) is 31.7 Å². The monoisotopic (exact) mass is 218 g/mol. The van der Waals surface area contributed by atoms with Crippen molar-refractivity contribution in [3.8, 4) is 0 Å². The first-order valence-electron chi connectivity index (χ1n) is 5.98. The van der Waals surface area contributed by atoms with E-state index in [1.54, 1.807) is 0 Å². The van der Waals surface area contributed by atoms with Gasteiger partial charge in [0.05, 0.1) is 17.6 Å². The summed E-state index contributed by atoms with van der Waals surface area (Å²) >= 11 is 0. The van der Waals surface area contributed by atoms with Gasteiger partial charge in [0.15, 0.2) is 0 Å². The largest absolute Gasteiger partial charge is 0.368 e. The molecule has 3 rings (SSSR count). The minimum Gasteiger partial charge on any atom is -0.368 e. The van der Waals surface area contributed by atoms with Crippen LogP contribution in [0.2, 0.25) is 0 Å². The first kappa shape index (κ1) is 10.0. The quantitative estimate of drug-likeness (QED) is 0.767. The number of nitrogens with zero attached hydrogens (tertiary/aromatic N) is 3. The van der Waals surface area contributed by atoms with Crippen molar-refractivity contribution in [2.24, 2.45) is 11.7 Å². The zero-order valence-electron chi connectivity index (χ0n) is 9.69. The van der Waals surface area contributed by atoms with E-state index in [4.69, 9.17) is 5.73 Å². The molecule has 1 saturated heterocycles. The van der Waals surface area contributed by atoms with Crippen molar-refractivity contribution in [2.75, 3.05) is 18.0 Å². The molecule has 4 nitrogen and oxygen atoms in total. The van der Waals surface area contributed by atoms with Gasteiger partial charge in [-0.3, -0.25) is 0 Å². The predicted molar refractivity (Wildman–Crippen MR) is 63.2 cm³/mol. The summed E-state index contributed by atoms with van der Waals surface area (Å²) in [6.45, 7) is 4.08. The van der Waals surface area contributed by atoms with Gasteiger partial charge in [0, 0.05) is 18.6 Å². The van der Waals surface area contributed by atoms with Gasteiger partial charge in [-0.2, -0.15) is 10.2 Å². The van der Waals surface area contributed by atoms with Gasteiger partial charge < -0.3 is 10.6 Å². The molecule has 0 radical (unpaired) electrons. The second-order valence-corrected chi connectivity index (χ2v) is 5.41. The topological polar surface area (TPSA) is 55.0 Å². The fourth-order valence-electron chi connectivity index (χ4n) is 3.16. The Balaban J connectivity index is 1.86. The van der Waals surface area contributed by atoms with Gasteiger partial charge in [0.1, 0.15) is 0 Å². The summed E-state index contributed by atoms with van der Waals surface area (Å²) in [5, 5.41) is 8.02. The SMILES string of the molecule is Cc1cc(N2C[C@H]3CC[C@@](N)(C3)C2)cnn1. The third kappa shape index (κ3) is 1.67. The van der Waals surface area contributed by atoms with E-state index in [0.29, 0.717) is 0 Å². The molecule has 2 bridgehead atoms. The summed E-state index contributed by atoms with van der Waals surface area (Å²) in [7, 11) is 0. The first-order chi connectivity index (χ1) is 7.65. The summed E-state index contributed by atoms with van der Waals surface area (Å²) in [6, 6.07) is 2.10. The van der Waals surface area contributed by atoms with E-state index < -0.39 is 0 Å².